The molecule has 0 aliphatic heterocycles. The van der Waals surface area contributed by atoms with Crippen molar-refractivity contribution in [2.75, 3.05) is 12.4 Å². The second kappa shape index (κ2) is 7.26. The zero-order valence-corrected chi connectivity index (χ0v) is 12.9. The minimum atomic E-state index is -0.502. The van der Waals surface area contributed by atoms with Gasteiger partial charge in [0.2, 0.25) is 11.8 Å². The zero-order chi connectivity index (χ0) is 16.8. The molecular formula is C16H18N4O3. The van der Waals surface area contributed by atoms with Crippen LogP contribution in [0.15, 0.2) is 42.7 Å². The number of allylic oxidation sites excluding steroid dienone is 1. The Bertz CT molecular complexity index is 749. The number of primary amides is 1. The third-order valence-corrected chi connectivity index (χ3v) is 3.10. The summed E-state index contributed by atoms with van der Waals surface area (Å²) in [4.78, 5) is 22.9. The number of nitrogens with one attached hydrogen (secondary N) is 1. The van der Waals surface area contributed by atoms with E-state index < -0.39 is 5.91 Å². The van der Waals surface area contributed by atoms with E-state index in [0.29, 0.717) is 11.4 Å². The number of nitrogens with zero attached hydrogens (tertiary/aromatic N) is 2. The maximum Gasteiger partial charge on any atom is 0.248 e. The van der Waals surface area contributed by atoms with Crippen LogP contribution in [0.25, 0.3) is 5.57 Å². The van der Waals surface area contributed by atoms with Gasteiger partial charge in [-0.25, -0.2) is 0 Å². The average Bonchev–Trinajstić information content (AvgIpc) is 2.93. The topological polar surface area (TPSA) is 99.2 Å². The standard InChI is InChI=1S/C16H18N4O3/c1-11(13-5-3-4-6-14(13)23-2)7-16(22)19-12-8-18-20(9-12)10-15(17)21/h3-9H,10H2,1-2H3,(H2,17,21)(H,19,22). The first-order valence-corrected chi connectivity index (χ1v) is 6.93. The highest BCUT2D eigenvalue weighted by atomic mass is 16.5. The van der Waals surface area contributed by atoms with E-state index in [1.54, 1.807) is 7.11 Å². The number of para-hydroxylation sites is 1. The highest BCUT2D eigenvalue weighted by Crippen LogP contribution is 2.25. The highest BCUT2D eigenvalue weighted by Gasteiger charge is 2.07. The lowest BCUT2D eigenvalue weighted by molar-refractivity contribution is -0.118. The van der Waals surface area contributed by atoms with Crippen LogP contribution < -0.4 is 15.8 Å². The Balaban J connectivity index is 2.08. The van der Waals surface area contributed by atoms with Gasteiger partial charge >= 0.3 is 0 Å². The van der Waals surface area contributed by atoms with Crippen LogP contribution in [0.1, 0.15) is 12.5 Å². The van der Waals surface area contributed by atoms with Crippen LogP contribution in [0.2, 0.25) is 0 Å². The first-order chi connectivity index (χ1) is 11.0. The Morgan fingerprint density at radius 2 is 2.13 bits per heavy atom. The summed E-state index contributed by atoms with van der Waals surface area (Å²) >= 11 is 0. The zero-order valence-electron chi connectivity index (χ0n) is 12.9. The van der Waals surface area contributed by atoms with Gasteiger partial charge in [0.25, 0.3) is 0 Å². The van der Waals surface area contributed by atoms with Gasteiger partial charge in [0, 0.05) is 17.8 Å². The smallest absolute Gasteiger partial charge is 0.248 e. The van der Waals surface area contributed by atoms with Gasteiger partial charge in [-0.3, -0.25) is 14.3 Å². The summed E-state index contributed by atoms with van der Waals surface area (Å²) in [6.07, 6.45) is 4.46. The van der Waals surface area contributed by atoms with Crippen LogP contribution in [-0.4, -0.2) is 28.7 Å². The monoisotopic (exact) mass is 314 g/mol. The average molecular weight is 314 g/mol. The molecule has 1 aromatic carbocycles. The van der Waals surface area contributed by atoms with Crippen LogP contribution in [0.3, 0.4) is 0 Å². The fraction of sp³-hybridized carbons (Fsp3) is 0.188. The molecule has 0 fully saturated rings. The molecule has 120 valence electrons. The van der Waals surface area contributed by atoms with Crippen LogP contribution in [0, 0.1) is 0 Å². The molecule has 1 heterocycles. The molecule has 7 heteroatoms. The lowest BCUT2D eigenvalue weighted by Crippen LogP contribution is -2.18. The number of benzene rings is 1. The Morgan fingerprint density at radius 3 is 2.83 bits per heavy atom. The SMILES string of the molecule is COc1ccccc1C(C)=CC(=O)Nc1cnn(CC(N)=O)c1. The minimum Gasteiger partial charge on any atom is -0.496 e. The number of carbonyl (C=O) groups excluding carboxylic acids is 2. The van der Waals surface area contributed by atoms with Crippen LogP contribution >= 0.6 is 0 Å². The first-order valence-electron chi connectivity index (χ1n) is 6.93. The molecule has 0 aliphatic carbocycles. The van der Waals surface area contributed by atoms with Crippen molar-refractivity contribution in [3.63, 3.8) is 0 Å². The Hall–Kier alpha value is -3.09. The first kappa shape index (κ1) is 16.3. The van der Waals surface area contributed by atoms with Crippen molar-refractivity contribution in [2.24, 2.45) is 5.73 Å². The maximum absolute atomic E-state index is 12.1. The highest BCUT2D eigenvalue weighted by molar-refractivity contribution is 6.04. The van der Waals surface area contributed by atoms with Gasteiger partial charge in [-0.15, -0.1) is 0 Å². The molecule has 2 rings (SSSR count). The number of rotatable bonds is 6. The van der Waals surface area contributed by atoms with Crippen molar-refractivity contribution in [3.8, 4) is 5.75 Å². The lowest BCUT2D eigenvalue weighted by Gasteiger charge is -2.08. The molecule has 0 bridgehead atoms. The molecule has 0 unspecified atom stereocenters. The number of hydrogen-bond acceptors (Lipinski definition) is 4. The quantitative estimate of drug-likeness (QED) is 0.788. The summed E-state index contributed by atoms with van der Waals surface area (Å²) in [5, 5.41) is 6.62. The van der Waals surface area contributed by atoms with E-state index in [1.165, 1.54) is 23.2 Å². The van der Waals surface area contributed by atoms with Gasteiger partial charge < -0.3 is 15.8 Å². The molecule has 7 nitrogen and oxygen atoms in total. The number of carbonyl (C=O) groups is 2. The number of methoxy groups -OCH3 is 1. The minimum absolute atomic E-state index is 0.0358. The van der Waals surface area contributed by atoms with Crippen LogP contribution in [0.4, 0.5) is 5.69 Å². The molecular weight excluding hydrogens is 296 g/mol. The van der Waals surface area contributed by atoms with Gasteiger partial charge in [-0.05, 0) is 18.6 Å². The van der Waals surface area contributed by atoms with Crippen LogP contribution in [-0.2, 0) is 16.1 Å². The number of aromatic nitrogens is 2. The molecule has 2 aromatic rings. The predicted molar refractivity (Wildman–Crippen MR) is 86.7 cm³/mol. The summed E-state index contributed by atoms with van der Waals surface area (Å²) in [5.41, 5.74) is 7.18. The lowest BCUT2D eigenvalue weighted by atomic mass is 10.1. The third kappa shape index (κ3) is 4.44. The van der Waals surface area contributed by atoms with E-state index >= 15 is 0 Å². The van der Waals surface area contributed by atoms with E-state index in [4.69, 9.17) is 10.5 Å². The van der Waals surface area contributed by atoms with Gasteiger partial charge in [0.05, 0.1) is 19.0 Å². The van der Waals surface area contributed by atoms with E-state index in [9.17, 15) is 9.59 Å². The van der Waals surface area contributed by atoms with Crippen molar-refractivity contribution in [1.29, 1.82) is 0 Å². The summed E-state index contributed by atoms with van der Waals surface area (Å²) in [5.74, 6) is -0.103. The second-order valence-electron chi connectivity index (χ2n) is 4.91. The van der Waals surface area contributed by atoms with Gasteiger partial charge in [0.1, 0.15) is 12.3 Å². The normalized spacial score (nSPS) is 11.1. The number of amides is 2. The van der Waals surface area contributed by atoms with Gasteiger partial charge in [0.15, 0.2) is 0 Å². The van der Waals surface area contributed by atoms with Gasteiger partial charge in [-0.2, -0.15) is 5.10 Å². The molecule has 0 aliphatic rings. The fourth-order valence-electron chi connectivity index (χ4n) is 2.10. The summed E-state index contributed by atoms with van der Waals surface area (Å²) < 4.78 is 6.63. The largest absolute Gasteiger partial charge is 0.496 e. The predicted octanol–water partition coefficient (Wildman–Crippen LogP) is 1.42. The second-order valence-corrected chi connectivity index (χ2v) is 4.91. The molecule has 0 spiro atoms. The number of ether oxygens (including phenoxy) is 1. The molecule has 1 aromatic heterocycles. The summed E-state index contributed by atoms with van der Waals surface area (Å²) in [6.45, 7) is 1.79. The van der Waals surface area contributed by atoms with Crippen LogP contribution in [0.5, 0.6) is 5.75 Å². The molecule has 2 amide bonds. The van der Waals surface area contributed by atoms with E-state index in [2.05, 4.69) is 10.4 Å². The van der Waals surface area contributed by atoms with Crippen molar-refractivity contribution < 1.29 is 14.3 Å². The van der Waals surface area contributed by atoms with E-state index in [0.717, 1.165) is 11.1 Å². The number of nitrogens with two attached hydrogens (primary N) is 1. The van der Waals surface area contributed by atoms with E-state index in [1.807, 2.05) is 31.2 Å². The third-order valence-electron chi connectivity index (χ3n) is 3.10. The van der Waals surface area contributed by atoms with Gasteiger partial charge in [-0.1, -0.05) is 18.2 Å². The Labute approximate surface area is 133 Å². The number of anilines is 1. The Kier molecular flexibility index (Phi) is 5.14. The molecule has 0 radical (unpaired) electrons. The van der Waals surface area contributed by atoms with Crippen molar-refractivity contribution in [2.45, 2.75) is 13.5 Å². The van der Waals surface area contributed by atoms with Crippen molar-refractivity contribution >= 4 is 23.1 Å². The molecule has 0 saturated carbocycles. The summed E-state index contributed by atoms with van der Waals surface area (Å²) in [7, 11) is 1.58. The number of hydrogen-bond donors (Lipinski definition) is 2. The molecule has 23 heavy (non-hydrogen) atoms. The summed E-state index contributed by atoms with van der Waals surface area (Å²) in [6, 6.07) is 7.45. The fourth-order valence-corrected chi connectivity index (χ4v) is 2.10. The maximum atomic E-state index is 12.1. The Morgan fingerprint density at radius 1 is 1.39 bits per heavy atom. The molecule has 0 saturated heterocycles. The van der Waals surface area contributed by atoms with Crippen molar-refractivity contribution in [3.05, 3.63) is 48.3 Å². The molecule has 0 atom stereocenters. The van der Waals surface area contributed by atoms with Crippen molar-refractivity contribution in [1.82, 2.24) is 9.78 Å². The molecule has 3 N–H and O–H groups in total. The van der Waals surface area contributed by atoms with E-state index in [-0.39, 0.29) is 12.5 Å².